The van der Waals surface area contributed by atoms with Gasteiger partial charge in [-0.2, -0.15) is 5.10 Å². The van der Waals surface area contributed by atoms with Crippen LogP contribution in [0.2, 0.25) is 5.02 Å². The lowest BCUT2D eigenvalue weighted by Gasteiger charge is -2.09. The molecule has 2 aromatic rings. The zero-order valence-corrected chi connectivity index (χ0v) is 13.5. The van der Waals surface area contributed by atoms with Crippen LogP contribution in [0.3, 0.4) is 0 Å². The van der Waals surface area contributed by atoms with E-state index in [9.17, 15) is 4.79 Å². The molecule has 0 amide bonds. The molecule has 24 heavy (non-hydrogen) atoms. The van der Waals surface area contributed by atoms with Gasteiger partial charge >= 0.3 is 5.97 Å². The maximum absolute atomic E-state index is 12.1. The fourth-order valence-corrected chi connectivity index (χ4v) is 1.88. The van der Waals surface area contributed by atoms with Gasteiger partial charge in [0.05, 0.1) is 18.9 Å². The van der Waals surface area contributed by atoms with Gasteiger partial charge in [0.2, 0.25) is 5.96 Å². The van der Waals surface area contributed by atoms with E-state index in [1.165, 1.54) is 13.3 Å². The van der Waals surface area contributed by atoms with Crippen LogP contribution in [0.1, 0.15) is 15.9 Å². The monoisotopic (exact) mass is 346 g/mol. The maximum Gasteiger partial charge on any atom is 0.343 e. The van der Waals surface area contributed by atoms with Crippen molar-refractivity contribution in [1.29, 1.82) is 0 Å². The molecule has 2 aromatic carbocycles. The minimum atomic E-state index is -0.521. The molecular weight excluding hydrogens is 332 g/mol. The first-order valence-corrected chi connectivity index (χ1v) is 7.15. The molecule has 0 heterocycles. The second kappa shape index (κ2) is 7.98. The van der Waals surface area contributed by atoms with Gasteiger partial charge in [-0.25, -0.2) is 4.79 Å². The zero-order valence-electron chi connectivity index (χ0n) is 12.8. The molecule has 0 saturated carbocycles. The van der Waals surface area contributed by atoms with Crippen molar-refractivity contribution < 1.29 is 14.3 Å². The van der Waals surface area contributed by atoms with Crippen LogP contribution in [0.25, 0.3) is 0 Å². The highest BCUT2D eigenvalue weighted by molar-refractivity contribution is 6.30. The number of methoxy groups -OCH3 is 1. The van der Waals surface area contributed by atoms with Gasteiger partial charge in [-0.05, 0) is 48.0 Å². The Morgan fingerprint density at radius 3 is 2.46 bits per heavy atom. The van der Waals surface area contributed by atoms with Crippen molar-refractivity contribution in [2.75, 3.05) is 7.11 Å². The number of halogens is 1. The fraction of sp³-hybridized carbons (Fsp3) is 0.0625. The van der Waals surface area contributed by atoms with Crippen LogP contribution in [-0.4, -0.2) is 25.3 Å². The third-order valence-corrected chi connectivity index (χ3v) is 3.10. The van der Waals surface area contributed by atoms with Gasteiger partial charge in [0.1, 0.15) is 0 Å². The molecule has 2 rings (SSSR count). The molecule has 0 atom stereocenters. The minimum absolute atomic E-state index is 0.147. The smallest absolute Gasteiger partial charge is 0.343 e. The van der Waals surface area contributed by atoms with Crippen molar-refractivity contribution in [2.45, 2.75) is 0 Å². The summed E-state index contributed by atoms with van der Waals surface area (Å²) in [5.74, 6) is -0.0268. The first-order chi connectivity index (χ1) is 11.5. The van der Waals surface area contributed by atoms with E-state index in [1.54, 1.807) is 42.5 Å². The molecule has 0 aliphatic rings. The molecule has 0 aromatic heterocycles. The number of nitrogens with two attached hydrogens (primary N) is 2. The van der Waals surface area contributed by atoms with Gasteiger partial charge in [-0.3, -0.25) is 0 Å². The number of rotatable bonds is 5. The van der Waals surface area contributed by atoms with Gasteiger partial charge in [0.25, 0.3) is 0 Å². The van der Waals surface area contributed by atoms with Gasteiger partial charge in [-0.1, -0.05) is 11.6 Å². The predicted octanol–water partition coefficient (Wildman–Crippen LogP) is 2.18. The highest BCUT2D eigenvalue weighted by Gasteiger charge is 2.12. The molecule has 124 valence electrons. The van der Waals surface area contributed by atoms with Crippen molar-refractivity contribution >= 4 is 29.7 Å². The summed E-state index contributed by atoms with van der Waals surface area (Å²) in [5, 5.41) is 7.73. The molecular formula is C16H15ClN4O3. The minimum Gasteiger partial charge on any atom is -0.493 e. The average Bonchev–Trinajstić information content (AvgIpc) is 2.56. The van der Waals surface area contributed by atoms with E-state index in [-0.39, 0.29) is 11.7 Å². The number of carbonyl (C=O) groups is 1. The van der Waals surface area contributed by atoms with Crippen LogP contribution in [0.4, 0.5) is 0 Å². The van der Waals surface area contributed by atoms with Crippen LogP contribution in [-0.2, 0) is 0 Å². The van der Waals surface area contributed by atoms with E-state index in [0.717, 1.165) is 0 Å². The number of nitrogens with zero attached hydrogens (tertiary/aromatic N) is 2. The van der Waals surface area contributed by atoms with Crippen LogP contribution in [0, 0.1) is 0 Å². The SMILES string of the molecule is COc1cc(/C=N/N=C(N)N)ccc1OC(=O)c1ccc(Cl)cc1. The molecule has 4 N–H and O–H groups in total. The molecule has 0 unspecified atom stereocenters. The van der Waals surface area contributed by atoms with E-state index in [2.05, 4.69) is 10.2 Å². The Hall–Kier alpha value is -3.06. The topological polar surface area (TPSA) is 112 Å². The summed E-state index contributed by atoms with van der Waals surface area (Å²) in [6.45, 7) is 0. The Morgan fingerprint density at radius 1 is 1.12 bits per heavy atom. The van der Waals surface area contributed by atoms with Crippen molar-refractivity contribution in [1.82, 2.24) is 0 Å². The number of esters is 1. The molecule has 0 saturated heterocycles. The average molecular weight is 347 g/mol. The molecule has 0 aliphatic carbocycles. The van der Waals surface area contributed by atoms with E-state index < -0.39 is 5.97 Å². The second-order valence-corrected chi connectivity index (χ2v) is 5.01. The van der Waals surface area contributed by atoms with Crippen LogP contribution >= 0.6 is 11.6 Å². The highest BCUT2D eigenvalue weighted by atomic mass is 35.5. The van der Waals surface area contributed by atoms with Gasteiger partial charge in [0, 0.05) is 5.02 Å². The summed E-state index contributed by atoms with van der Waals surface area (Å²) in [6.07, 6.45) is 1.44. The predicted molar refractivity (Wildman–Crippen MR) is 92.8 cm³/mol. The summed E-state index contributed by atoms with van der Waals surface area (Å²) in [7, 11) is 1.46. The summed E-state index contributed by atoms with van der Waals surface area (Å²) < 4.78 is 10.6. The normalized spacial score (nSPS) is 10.4. The third-order valence-electron chi connectivity index (χ3n) is 2.85. The number of benzene rings is 2. The highest BCUT2D eigenvalue weighted by Crippen LogP contribution is 2.28. The molecule has 0 bridgehead atoms. The quantitative estimate of drug-likeness (QED) is 0.283. The van der Waals surface area contributed by atoms with Crippen LogP contribution in [0.5, 0.6) is 11.5 Å². The van der Waals surface area contributed by atoms with E-state index >= 15 is 0 Å². The lowest BCUT2D eigenvalue weighted by Crippen LogP contribution is -2.21. The number of hydrogen-bond donors (Lipinski definition) is 2. The molecule has 8 heteroatoms. The summed E-state index contributed by atoms with van der Waals surface area (Å²) >= 11 is 5.79. The van der Waals surface area contributed by atoms with Crippen molar-refractivity contribution in [3.8, 4) is 11.5 Å². The summed E-state index contributed by atoms with van der Waals surface area (Å²) in [6, 6.07) is 11.3. The Labute approximate surface area is 143 Å². The van der Waals surface area contributed by atoms with Crippen molar-refractivity contribution in [2.24, 2.45) is 21.7 Å². The number of ether oxygens (including phenoxy) is 2. The van der Waals surface area contributed by atoms with Crippen molar-refractivity contribution in [3.63, 3.8) is 0 Å². The fourth-order valence-electron chi connectivity index (χ4n) is 1.76. The first kappa shape index (κ1) is 17.3. The Bertz CT molecular complexity index is 784. The molecule has 0 spiro atoms. The number of guanidine groups is 1. The lowest BCUT2D eigenvalue weighted by atomic mass is 10.2. The Balaban J connectivity index is 2.18. The standard InChI is InChI=1S/C16H15ClN4O3/c1-23-14-8-10(9-20-21-16(18)19)2-7-13(14)24-15(22)11-3-5-12(17)6-4-11/h2-9H,1H3,(H4,18,19,21)/b20-9+. The Morgan fingerprint density at radius 2 is 1.83 bits per heavy atom. The summed E-state index contributed by atoms with van der Waals surface area (Å²) in [5.41, 5.74) is 11.4. The largest absolute Gasteiger partial charge is 0.493 e. The second-order valence-electron chi connectivity index (χ2n) is 4.58. The van der Waals surface area contributed by atoms with E-state index in [1.807, 2.05) is 0 Å². The molecule has 0 radical (unpaired) electrons. The maximum atomic E-state index is 12.1. The van der Waals surface area contributed by atoms with Gasteiger partial charge in [0.15, 0.2) is 11.5 Å². The van der Waals surface area contributed by atoms with E-state index in [0.29, 0.717) is 21.9 Å². The Kier molecular flexibility index (Phi) is 5.75. The van der Waals surface area contributed by atoms with Crippen LogP contribution in [0.15, 0.2) is 52.7 Å². The number of carbonyl (C=O) groups excluding carboxylic acids is 1. The van der Waals surface area contributed by atoms with Gasteiger partial charge in [-0.15, -0.1) is 5.10 Å². The summed E-state index contributed by atoms with van der Waals surface area (Å²) in [4.78, 5) is 12.1. The molecule has 7 nitrogen and oxygen atoms in total. The van der Waals surface area contributed by atoms with Crippen LogP contribution < -0.4 is 20.9 Å². The van der Waals surface area contributed by atoms with E-state index in [4.69, 9.17) is 32.5 Å². The molecule has 0 aliphatic heterocycles. The lowest BCUT2D eigenvalue weighted by molar-refractivity contribution is 0.0729. The first-order valence-electron chi connectivity index (χ1n) is 6.77. The van der Waals surface area contributed by atoms with Crippen molar-refractivity contribution in [3.05, 3.63) is 58.6 Å². The zero-order chi connectivity index (χ0) is 17.5. The van der Waals surface area contributed by atoms with Gasteiger partial charge < -0.3 is 20.9 Å². The number of hydrogen-bond acceptors (Lipinski definition) is 5. The third kappa shape index (κ3) is 4.72. The molecule has 0 fully saturated rings.